The molecule has 37 heavy (non-hydrogen) atoms. The Bertz CT molecular complexity index is 1140. The second-order valence-corrected chi connectivity index (χ2v) is 22.4. The van der Waals surface area contributed by atoms with Crippen LogP contribution in [0.2, 0.25) is 36.3 Å². The molecule has 0 aliphatic heterocycles. The van der Waals surface area contributed by atoms with Crippen molar-refractivity contribution in [3.05, 3.63) is 59.7 Å². The molecule has 0 amide bonds. The molecule has 2 aromatic rings. The van der Waals surface area contributed by atoms with Crippen molar-refractivity contribution in [1.29, 1.82) is 0 Å². The van der Waals surface area contributed by atoms with Crippen LogP contribution in [0.5, 0.6) is 17.2 Å². The molecule has 2 rings (SSSR count). The molecule has 0 saturated carbocycles. The number of ether oxygens (including phenoxy) is 1. The highest BCUT2D eigenvalue weighted by atomic mass is 28.4. The van der Waals surface area contributed by atoms with Crippen LogP contribution in [0.15, 0.2) is 48.5 Å². The average molecular weight is 537 g/mol. The summed E-state index contributed by atoms with van der Waals surface area (Å²) < 4.78 is 20.0. The highest BCUT2D eigenvalue weighted by molar-refractivity contribution is 6.75. The van der Waals surface area contributed by atoms with Crippen molar-refractivity contribution >= 4 is 22.2 Å². The number of hydrogen-bond acceptors (Lipinski definition) is 3. The Balaban J connectivity index is 2.45. The molecule has 0 aliphatic carbocycles. The third-order valence-corrected chi connectivity index (χ3v) is 16.6. The van der Waals surface area contributed by atoms with E-state index in [9.17, 15) is 0 Å². The zero-order valence-corrected chi connectivity index (χ0v) is 27.2. The summed E-state index contributed by atoms with van der Waals surface area (Å²) in [6, 6.07) is 14.4. The fraction of sp³-hybridized carbons (Fsp3) is 0.500. The SMILES string of the molecule is C#C/C=C(\CC)c1cccc(OC(C)c2ccc(O[Si](C)(C)C(C)(C)C)c(O[Si](C)(C)C(C)(C)C)c2)c1. The van der Waals surface area contributed by atoms with Gasteiger partial charge in [-0.1, -0.05) is 72.6 Å². The van der Waals surface area contributed by atoms with E-state index in [0.717, 1.165) is 40.4 Å². The Morgan fingerprint density at radius 3 is 1.97 bits per heavy atom. The molecular weight excluding hydrogens is 489 g/mol. The molecule has 3 nitrogen and oxygen atoms in total. The Labute approximate surface area is 228 Å². The zero-order valence-electron chi connectivity index (χ0n) is 25.2. The summed E-state index contributed by atoms with van der Waals surface area (Å²) in [6.45, 7) is 26.8. The highest BCUT2D eigenvalue weighted by Crippen LogP contribution is 2.44. The standard InChI is InChI=1S/C32H48O3Si2/c1-14-17-25(15-2)27-18-16-19-28(22-27)33-24(3)26-20-21-29(34-36(10,11)31(4,5)6)30(23-26)35-37(12,13)32(7,8)9/h1,16-24H,15H2,2-13H3/b25-17+. The maximum Gasteiger partial charge on any atom is 0.250 e. The largest absolute Gasteiger partial charge is 0.541 e. The monoisotopic (exact) mass is 536 g/mol. The number of allylic oxidation sites excluding steroid dienone is 2. The Morgan fingerprint density at radius 2 is 1.46 bits per heavy atom. The molecular formula is C32H48O3Si2. The van der Waals surface area contributed by atoms with E-state index in [4.69, 9.17) is 20.0 Å². The van der Waals surface area contributed by atoms with Crippen molar-refractivity contribution in [3.63, 3.8) is 0 Å². The first-order valence-corrected chi connectivity index (χ1v) is 19.2. The van der Waals surface area contributed by atoms with Crippen LogP contribution in [-0.2, 0) is 0 Å². The molecule has 0 fully saturated rings. The van der Waals surface area contributed by atoms with Crippen molar-refractivity contribution in [2.45, 2.75) is 104 Å². The number of rotatable bonds is 9. The van der Waals surface area contributed by atoms with E-state index in [0.29, 0.717) is 0 Å². The molecule has 0 radical (unpaired) electrons. The molecule has 0 bridgehead atoms. The Hall–Kier alpha value is -2.43. The van der Waals surface area contributed by atoms with E-state index in [1.54, 1.807) is 0 Å². The first kappa shape index (κ1) is 30.8. The fourth-order valence-corrected chi connectivity index (χ4v) is 5.37. The Morgan fingerprint density at radius 1 is 0.892 bits per heavy atom. The van der Waals surface area contributed by atoms with Gasteiger partial charge in [0, 0.05) is 0 Å². The van der Waals surface area contributed by atoms with Gasteiger partial charge < -0.3 is 13.6 Å². The van der Waals surface area contributed by atoms with Crippen LogP contribution >= 0.6 is 0 Å². The molecule has 1 unspecified atom stereocenters. The predicted octanol–water partition coefficient (Wildman–Crippen LogP) is 10.0. The Kier molecular flexibility index (Phi) is 9.60. The van der Waals surface area contributed by atoms with Gasteiger partial charge >= 0.3 is 0 Å². The van der Waals surface area contributed by atoms with Crippen molar-refractivity contribution in [2.24, 2.45) is 0 Å². The molecule has 5 heteroatoms. The number of terminal acetylenes is 1. The highest BCUT2D eigenvalue weighted by Gasteiger charge is 2.42. The van der Waals surface area contributed by atoms with Crippen molar-refractivity contribution < 1.29 is 13.6 Å². The number of benzene rings is 2. The third kappa shape index (κ3) is 7.78. The molecule has 2 aromatic carbocycles. The van der Waals surface area contributed by atoms with Gasteiger partial charge in [0.25, 0.3) is 16.6 Å². The number of hydrogen-bond donors (Lipinski definition) is 0. The lowest BCUT2D eigenvalue weighted by molar-refractivity contribution is 0.226. The molecule has 0 N–H and O–H groups in total. The average Bonchev–Trinajstić information content (AvgIpc) is 2.76. The van der Waals surface area contributed by atoms with Gasteiger partial charge in [-0.25, -0.2) is 0 Å². The third-order valence-electron chi connectivity index (χ3n) is 7.94. The first-order chi connectivity index (χ1) is 16.9. The van der Waals surface area contributed by atoms with E-state index in [1.807, 2.05) is 18.2 Å². The van der Waals surface area contributed by atoms with Crippen LogP contribution in [0, 0.1) is 12.3 Å². The lowest BCUT2D eigenvalue weighted by atomic mass is 10.0. The van der Waals surface area contributed by atoms with E-state index in [2.05, 4.69) is 118 Å². The quantitative estimate of drug-likeness (QED) is 0.236. The second kappa shape index (κ2) is 11.5. The molecule has 0 aliphatic rings. The van der Waals surface area contributed by atoms with E-state index >= 15 is 0 Å². The minimum atomic E-state index is -2.09. The van der Waals surface area contributed by atoms with Gasteiger partial charge in [0.2, 0.25) is 0 Å². The van der Waals surface area contributed by atoms with Gasteiger partial charge in [0.1, 0.15) is 23.4 Å². The summed E-state index contributed by atoms with van der Waals surface area (Å²) in [5.41, 5.74) is 3.26. The van der Waals surface area contributed by atoms with Crippen LogP contribution in [0.4, 0.5) is 0 Å². The van der Waals surface area contributed by atoms with Crippen molar-refractivity contribution in [1.82, 2.24) is 0 Å². The molecule has 202 valence electrons. The van der Waals surface area contributed by atoms with Gasteiger partial charge in [-0.15, -0.1) is 6.42 Å². The fourth-order valence-electron chi connectivity index (χ4n) is 3.33. The maximum absolute atomic E-state index is 6.84. The van der Waals surface area contributed by atoms with E-state index in [-0.39, 0.29) is 16.2 Å². The minimum absolute atomic E-state index is 0.0721. The summed E-state index contributed by atoms with van der Waals surface area (Å²) in [7, 11) is -4.14. The van der Waals surface area contributed by atoms with Gasteiger partial charge in [0.05, 0.1) is 0 Å². The summed E-state index contributed by atoms with van der Waals surface area (Å²) in [5.74, 6) is 5.12. The van der Waals surface area contributed by atoms with Crippen LogP contribution in [0.1, 0.15) is 79.0 Å². The first-order valence-electron chi connectivity index (χ1n) is 13.4. The summed E-state index contributed by atoms with van der Waals surface area (Å²) in [4.78, 5) is 0. The van der Waals surface area contributed by atoms with E-state index in [1.165, 1.54) is 0 Å². The van der Waals surface area contributed by atoms with Gasteiger partial charge in [-0.3, -0.25) is 0 Å². The summed E-state index contributed by atoms with van der Waals surface area (Å²) in [6.07, 6.45) is 8.05. The van der Waals surface area contributed by atoms with Crippen LogP contribution in [0.3, 0.4) is 0 Å². The minimum Gasteiger partial charge on any atom is -0.541 e. The predicted molar refractivity (Wildman–Crippen MR) is 165 cm³/mol. The molecule has 0 aromatic heterocycles. The van der Waals surface area contributed by atoms with Crippen molar-refractivity contribution in [2.75, 3.05) is 0 Å². The summed E-state index contributed by atoms with van der Waals surface area (Å²) >= 11 is 0. The van der Waals surface area contributed by atoms with Gasteiger partial charge in [-0.05, 0) is 96.7 Å². The van der Waals surface area contributed by atoms with Crippen LogP contribution in [-0.4, -0.2) is 16.6 Å². The maximum atomic E-state index is 6.84. The lowest BCUT2D eigenvalue weighted by Gasteiger charge is -2.40. The zero-order chi connectivity index (χ0) is 28.2. The van der Waals surface area contributed by atoms with Gasteiger partial charge in [0.15, 0.2) is 0 Å². The molecule has 0 saturated heterocycles. The van der Waals surface area contributed by atoms with Gasteiger partial charge in [-0.2, -0.15) is 0 Å². The topological polar surface area (TPSA) is 27.7 Å². The van der Waals surface area contributed by atoms with Crippen molar-refractivity contribution in [3.8, 4) is 29.6 Å². The normalized spacial score (nSPS) is 14.1. The van der Waals surface area contributed by atoms with Crippen LogP contribution < -0.4 is 13.6 Å². The van der Waals surface area contributed by atoms with Crippen LogP contribution in [0.25, 0.3) is 5.57 Å². The van der Waals surface area contributed by atoms with E-state index < -0.39 is 16.6 Å². The molecule has 1 atom stereocenters. The second-order valence-electron chi connectivity index (χ2n) is 12.9. The smallest absolute Gasteiger partial charge is 0.250 e. The summed E-state index contributed by atoms with van der Waals surface area (Å²) in [5, 5.41) is 0.162. The lowest BCUT2D eigenvalue weighted by Crippen LogP contribution is -2.45. The molecule has 0 heterocycles. The molecule has 0 spiro atoms.